The van der Waals surface area contributed by atoms with Gasteiger partial charge in [0.25, 0.3) is 11.4 Å². The van der Waals surface area contributed by atoms with Gasteiger partial charge in [0.2, 0.25) is 5.82 Å². The zero-order valence-corrected chi connectivity index (χ0v) is 18.4. The Kier molecular flexibility index (Phi) is 6.75. The second kappa shape index (κ2) is 10.1. The van der Waals surface area contributed by atoms with Crippen LogP contribution >= 0.6 is 0 Å². The van der Waals surface area contributed by atoms with E-state index in [1.165, 1.54) is 13.0 Å². The molecule has 4 aromatic rings. The molecule has 2 heterocycles. The molecule has 0 bridgehead atoms. The molecule has 0 amide bonds. The van der Waals surface area contributed by atoms with E-state index < -0.39 is 0 Å². The maximum atomic E-state index is 12.4. The molecule has 33 heavy (non-hydrogen) atoms. The van der Waals surface area contributed by atoms with Crippen LogP contribution in [0.1, 0.15) is 22.8 Å². The number of nitrogens with zero attached hydrogens (tertiary/aromatic N) is 3. The molecule has 0 fully saturated rings. The first-order valence-electron chi connectivity index (χ1n) is 10.4. The van der Waals surface area contributed by atoms with Gasteiger partial charge in [0, 0.05) is 36.1 Å². The fourth-order valence-electron chi connectivity index (χ4n) is 3.27. The molecule has 0 aliphatic rings. The van der Waals surface area contributed by atoms with Crippen LogP contribution in [0, 0.1) is 0 Å². The fraction of sp³-hybridized carbons (Fsp3) is 0.200. The lowest BCUT2D eigenvalue weighted by Gasteiger charge is -2.10. The first-order chi connectivity index (χ1) is 16.0. The second-order valence-corrected chi connectivity index (χ2v) is 7.43. The van der Waals surface area contributed by atoms with Gasteiger partial charge in [-0.2, -0.15) is 4.98 Å². The summed E-state index contributed by atoms with van der Waals surface area (Å²) in [5.74, 6) is 1.40. The van der Waals surface area contributed by atoms with Gasteiger partial charge in [-0.1, -0.05) is 29.4 Å². The van der Waals surface area contributed by atoms with Gasteiger partial charge in [-0.15, -0.1) is 0 Å². The third-order valence-electron chi connectivity index (χ3n) is 5.01. The summed E-state index contributed by atoms with van der Waals surface area (Å²) >= 11 is 0. The molecule has 8 heteroatoms. The van der Waals surface area contributed by atoms with Crippen molar-refractivity contribution in [1.29, 1.82) is 0 Å². The summed E-state index contributed by atoms with van der Waals surface area (Å²) in [7, 11) is 1.62. The van der Waals surface area contributed by atoms with Crippen molar-refractivity contribution in [3.63, 3.8) is 0 Å². The number of rotatable bonds is 9. The van der Waals surface area contributed by atoms with Crippen molar-refractivity contribution in [3.8, 4) is 28.6 Å². The van der Waals surface area contributed by atoms with Crippen LogP contribution in [0.3, 0.4) is 0 Å². The lowest BCUT2D eigenvalue weighted by atomic mass is 10.1. The van der Waals surface area contributed by atoms with Crippen LogP contribution < -0.4 is 10.3 Å². The number of ketones is 1. The molecule has 0 aliphatic heterocycles. The summed E-state index contributed by atoms with van der Waals surface area (Å²) < 4.78 is 17.6. The van der Waals surface area contributed by atoms with Crippen LogP contribution in [-0.4, -0.2) is 40.8 Å². The predicted molar refractivity (Wildman–Crippen MR) is 122 cm³/mol. The normalized spacial score (nSPS) is 10.8. The molecule has 0 spiro atoms. The van der Waals surface area contributed by atoms with Crippen molar-refractivity contribution in [2.45, 2.75) is 13.5 Å². The molecule has 0 N–H and O–H groups in total. The summed E-state index contributed by atoms with van der Waals surface area (Å²) in [5.41, 5.74) is 2.74. The largest absolute Gasteiger partial charge is 0.491 e. The highest BCUT2D eigenvalue weighted by atomic mass is 16.5. The Labute approximate surface area is 190 Å². The van der Waals surface area contributed by atoms with Crippen LogP contribution in [0.25, 0.3) is 22.8 Å². The number of ether oxygens (including phenoxy) is 2. The number of carbonyl (C=O) groups is 1. The SMILES string of the molecule is COCCOc1cccc(Cn2cc(-c3noc(-c4ccc(C(C)=O)cc4)n3)ccc2=O)c1. The molecule has 0 aliphatic carbocycles. The first kappa shape index (κ1) is 22.2. The zero-order chi connectivity index (χ0) is 23.2. The number of Topliss-reactive ketones (excluding diaryl/α,β-unsaturated/α-hetero) is 1. The van der Waals surface area contributed by atoms with Crippen molar-refractivity contribution in [3.05, 3.63) is 88.3 Å². The molecular weight excluding hydrogens is 422 g/mol. The number of hydrogen-bond donors (Lipinski definition) is 0. The van der Waals surface area contributed by atoms with Gasteiger partial charge in [0.15, 0.2) is 5.78 Å². The molecule has 8 nitrogen and oxygen atoms in total. The Morgan fingerprint density at radius 3 is 2.58 bits per heavy atom. The molecule has 4 rings (SSSR count). The van der Waals surface area contributed by atoms with Gasteiger partial charge in [0.1, 0.15) is 12.4 Å². The van der Waals surface area contributed by atoms with E-state index in [4.69, 9.17) is 14.0 Å². The minimum atomic E-state index is -0.145. The van der Waals surface area contributed by atoms with Gasteiger partial charge >= 0.3 is 0 Å². The molecule has 0 unspecified atom stereocenters. The van der Waals surface area contributed by atoms with E-state index >= 15 is 0 Å². The van der Waals surface area contributed by atoms with E-state index in [2.05, 4.69) is 10.1 Å². The van der Waals surface area contributed by atoms with E-state index in [0.717, 1.165) is 5.56 Å². The number of carbonyl (C=O) groups excluding carboxylic acids is 1. The standard InChI is InChI=1S/C25H23N3O5/c1-17(29)19-6-8-20(9-7-19)25-26-24(27-33-25)21-10-11-23(30)28(16-21)15-18-4-3-5-22(14-18)32-13-12-31-2/h3-11,14,16H,12-13,15H2,1-2H3. The maximum Gasteiger partial charge on any atom is 0.258 e. The van der Waals surface area contributed by atoms with Gasteiger partial charge < -0.3 is 18.6 Å². The Hall–Kier alpha value is -4.04. The highest BCUT2D eigenvalue weighted by Crippen LogP contribution is 2.22. The van der Waals surface area contributed by atoms with E-state index in [1.807, 2.05) is 24.3 Å². The number of benzene rings is 2. The van der Waals surface area contributed by atoms with Crippen molar-refractivity contribution in [1.82, 2.24) is 14.7 Å². The summed E-state index contributed by atoms with van der Waals surface area (Å²) in [5, 5.41) is 4.05. The summed E-state index contributed by atoms with van der Waals surface area (Å²) in [6.07, 6.45) is 1.70. The van der Waals surface area contributed by atoms with Crippen LogP contribution in [-0.2, 0) is 11.3 Å². The average Bonchev–Trinajstić information content (AvgIpc) is 3.31. The Morgan fingerprint density at radius 2 is 1.82 bits per heavy atom. The van der Waals surface area contributed by atoms with Crippen molar-refractivity contribution in [2.24, 2.45) is 0 Å². The third-order valence-corrected chi connectivity index (χ3v) is 5.01. The lowest BCUT2D eigenvalue weighted by Crippen LogP contribution is -2.19. The predicted octanol–water partition coefficient (Wildman–Crippen LogP) is 3.84. The number of aromatic nitrogens is 3. The van der Waals surface area contributed by atoms with Crippen LogP contribution in [0.5, 0.6) is 5.75 Å². The van der Waals surface area contributed by atoms with Crippen molar-refractivity contribution in [2.75, 3.05) is 20.3 Å². The second-order valence-electron chi connectivity index (χ2n) is 7.43. The van der Waals surface area contributed by atoms with Crippen LogP contribution in [0.15, 0.2) is 76.2 Å². The van der Waals surface area contributed by atoms with Crippen molar-refractivity contribution >= 4 is 5.78 Å². The third kappa shape index (κ3) is 5.42. The van der Waals surface area contributed by atoms with E-state index in [0.29, 0.717) is 53.9 Å². The number of hydrogen-bond acceptors (Lipinski definition) is 7. The van der Waals surface area contributed by atoms with Gasteiger partial charge in [-0.25, -0.2) is 0 Å². The van der Waals surface area contributed by atoms with Crippen LogP contribution in [0.4, 0.5) is 0 Å². The Bertz CT molecular complexity index is 1310. The summed E-state index contributed by atoms with van der Waals surface area (Å²) in [6.45, 7) is 2.83. The minimum Gasteiger partial charge on any atom is -0.491 e. The zero-order valence-electron chi connectivity index (χ0n) is 18.4. The molecular formula is C25H23N3O5. The van der Waals surface area contributed by atoms with Crippen molar-refractivity contribution < 1.29 is 18.8 Å². The minimum absolute atomic E-state index is 0.0119. The highest BCUT2D eigenvalue weighted by Gasteiger charge is 2.13. The highest BCUT2D eigenvalue weighted by molar-refractivity contribution is 5.94. The molecule has 2 aromatic carbocycles. The Morgan fingerprint density at radius 1 is 1.03 bits per heavy atom. The molecule has 2 aromatic heterocycles. The summed E-state index contributed by atoms with van der Waals surface area (Å²) in [6, 6.07) is 17.7. The lowest BCUT2D eigenvalue weighted by molar-refractivity contribution is 0.101. The molecule has 0 saturated carbocycles. The molecule has 168 valence electrons. The quantitative estimate of drug-likeness (QED) is 0.285. The fourth-order valence-corrected chi connectivity index (χ4v) is 3.27. The average molecular weight is 445 g/mol. The van der Waals surface area contributed by atoms with Gasteiger partial charge in [-0.05, 0) is 42.8 Å². The van der Waals surface area contributed by atoms with E-state index in [-0.39, 0.29) is 11.3 Å². The number of methoxy groups -OCH3 is 1. The molecule has 0 saturated heterocycles. The van der Waals surface area contributed by atoms with Crippen LogP contribution in [0.2, 0.25) is 0 Å². The summed E-state index contributed by atoms with van der Waals surface area (Å²) in [4.78, 5) is 28.3. The van der Waals surface area contributed by atoms with Gasteiger partial charge in [0.05, 0.1) is 13.2 Å². The maximum absolute atomic E-state index is 12.4. The van der Waals surface area contributed by atoms with Gasteiger partial charge in [-0.3, -0.25) is 9.59 Å². The smallest absolute Gasteiger partial charge is 0.258 e. The molecule has 0 atom stereocenters. The number of pyridine rings is 1. The Balaban J connectivity index is 1.54. The first-order valence-corrected chi connectivity index (χ1v) is 10.4. The monoisotopic (exact) mass is 445 g/mol. The van der Waals surface area contributed by atoms with E-state index in [1.54, 1.807) is 48.2 Å². The topological polar surface area (TPSA) is 96.5 Å². The van der Waals surface area contributed by atoms with E-state index in [9.17, 15) is 9.59 Å². The molecule has 0 radical (unpaired) electrons.